The van der Waals surface area contributed by atoms with Crippen molar-refractivity contribution in [3.8, 4) is 10.6 Å². The van der Waals surface area contributed by atoms with Gasteiger partial charge in [0.15, 0.2) is 0 Å². The molecule has 0 aliphatic carbocycles. The molecule has 0 fully saturated rings. The summed E-state index contributed by atoms with van der Waals surface area (Å²) >= 11 is 7.31. The van der Waals surface area contributed by atoms with E-state index in [1.165, 1.54) is 11.3 Å². The summed E-state index contributed by atoms with van der Waals surface area (Å²) in [5.74, 6) is -0.674. The van der Waals surface area contributed by atoms with Gasteiger partial charge in [0.1, 0.15) is 11.0 Å². The Morgan fingerprint density at radius 3 is 2.41 bits per heavy atom. The van der Waals surface area contributed by atoms with E-state index in [-0.39, 0.29) is 11.8 Å². The maximum atomic E-state index is 13.2. The van der Waals surface area contributed by atoms with Gasteiger partial charge in [-0.05, 0) is 41.8 Å². The predicted molar refractivity (Wildman–Crippen MR) is 136 cm³/mol. The molecule has 34 heavy (non-hydrogen) atoms. The quantitative estimate of drug-likeness (QED) is 0.346. The lowest BCUT2D eigenvalue weighted by molar-refractivity contribution is -0.118. The second-order valence-corrected chi connectivity index (χ2v) is 9.09. The number of hydrogen-bond donors (Lipinski definition) is 2. The van der Waals surface area contributed by atoms with Crippen molar-refractivity contribution in [2.45, 2.75) is 25.8 Å². The Morgan fingerprint density at radius 2 is 1.71 bits per heavy atom. The molecule has 6 nitrogen and oxygen atoms in total. The molecular formula is C26H23ClN4O2S. The summed E-state index contributed by atoms with van der Waals surface area (Å²) in [6.45, 7) is 2.06. The van der Waals surface area contributed by atoms with E-state index in [9.17, 15) is 9.59 Å². The third kappa shape index (κ3) is 6.07. The van der Waals surface area contributed by atoms with Crippen molar-refractivity contribution in [3.05, 3.63) is 101 Å². The molecule has 2 amide bonds. The first-order chi connectivity index (χ1) is 16.5. The summed E-state index contributed by atoms with van der Waals surface area (Å²) in [7, 11) is 0. The molecule has 0 aliphatic rings. The van der Waals surface area contributed by atoms with Gasteiger partial charge in [0, 0.05) is 22.6 Å². The molecule has 0 saturated heterocycles. The first-order valence-corrected chi connectivity index (χ1v) is 12.1. The van der Waals surface area contributed by atoms with Gasteiger partial charge in [-0.1, -0.05) is 84.5 Å². The van der Waals surface area contributed by atoms with Crippen LogP contribution in [0.3, 0.4) is 0 Å². The zero-order chi connectivity index (χ0) is 23.9. The van der Waals surface area contributed by atoms with Gasteiger partial charge in [-0.2, -0.15) is 0 Å². The van der Waals surface area contributed by atoms with Crippen molar-refractivity contribution in [2.75, 3.05) is 5.32 Å². The van der Waals surface area contributed by atoms with Crippen LogP contribution in [-0.2, 0) is 17.6 Å². The van der Waals surface area contributed by atoms with Crippen molar-refractivity contribution in [3.63, 3.8) is 0 Å². The number of amides is 2. The molecule has 1 atom stereocenters. The van der Waals surface area contributed by atoms with Crippen LogP contribution in [0.2, 0.25) is 5.02 Å². The van der Waals surface area contributed by atoms with Crippen LogP contribution in [0.25, 0.3) is 10.6 Å². The van der Waals surface area contributed by atoms with Gasteiger partial charge in [0.05, 0.1) is 0 Å². The third-order valence-electron chi connectivity index (χ3n) is 5.26. The van der Waals surface area contributed by atoms with E-state index >= 15 is 0 Å². The number of benzene rings is 3. The number of rotatable bonds is 8. The fourth-order valence-electron chi connectivity index (χ4n) is 3.40. The molecule has 0 bridgehead atoms. The fourth-order valence-corrected chi connectivity index (χ4v) is 4.33. The van der Waals surface area contributed by atoms with Gasteiger partial charge in [-0.15, -0.1) is 10.2 Å². The normalized spacial score (nSPS) is 11.6. The van der Waals surface area contributed by atoms with Crippen LogP contribution in [0.1, 0.15) is 28.4 Å². The zero-order valence-electron chi connectivity index (χ0n) is 18.5. The maximum absolute atomic E-state index is 13.2. The van der Waals surface area contributed by atoms with Crippen LogP contribution in [-0.4, -0.2) is 28.1 Å². The maximum Gasteiger partial charge on any atom is 0.251 e. The summed E-state index contributed by atoms with van der Waals surface area (Å²) in [6.07, 6.45) is 1.23. The lowest BCUT2D eigenvalue weighted by Crippen LogP contribution is -2.45. The van der Waals surface area contributed by atoms with Crippen molar-refractivity contribution >= 4 is 39.9 Å². The molecule has 0 aliphatic heterocycles. The Hall–Kier alpha value is -3.55. The van der Waals surface area contributed by atoms with E-state index in [1.54, 1.807) is 24.3 Å². The highest BCUT2D eigenvalue weighted by Gasteiger charge is 2.23. The van der Waals surface area contributed by atoms with Crippen molar-refractivity contribution in [1.82, 2.24) is 15.5 Å². The molecule has 3 aromatic carbocycles. The van der Waals surface area contributed by atoms with Crippen LogP contribution in [0.15, 0.2) is 78.9 Å². The minimum atomic E-state index is -0.792. The lowest BCUT2D eigenvalue weighted by atomic mass is 10.0. The van der Waals surface area contributed by atoms with Crippen LogP contribution < -0.4 is 10.6 Å². The standard InChI is InChI=1S/C26H23ClN4O2S/c1-2-17-11-13-19(14-12-17)23(32)28-22(15-18-7-4-3-5-8-18)24(33)29-26-31-30-25(34-26)20-9-6-10-21(27)16-20/h3-14,16,22H,2,15H2,1H3,(H,28,32)(H,29,31,33). The van der Waals surface area contributed by atoms with E-state index < -0.39 is 6.04 Å². The minimum absolute atomic E-state index is 0.310. The van der Waals surface area contributed by atoms with Crippen molar-refractivity contribution in [2.24, 2.45) is 0 Å². The van der Waals surface area contributed by atoms with Crippen LogP contribution in [0.4, 0.5) is 5.13 Å². The number of aromatic nitrogens is 2. The highest BCUT2D eigenvalue weighted by molar-refractivity contribution is 7.18. The molecule has 0 saturated carbocycles. The molecule has 172 valence electrons. The van der Waals surface area contributed by atoms with Gasteiger partial charge in [0.25, 0.3) is 5.91 Å². The fraction of sp³-hybridized carbons (Fsp3) is 0.154. The number of hydrogen-bond acceptors (Lipinski definition) is 5. The Kier molecular flexibility index (Phi) is 7.67. The largest absolute Gasteiger partial charge is 0.340 e. The van der Waals surface area contributed by atoms with Gasteiger partial charge < -0.3 is 5.32 Å². The molecular weight excluding hydrogens is 468 g/mol. The number of nitrogens with zero attached hydrogens (tertiary/aromatic N) is 2. The van der Waals surface area contributed by atoms with Crippen molar-refractivity contribution in [1.29, 1.82) is 0 Å². The molecule has 1 aromatic heterocycles. The van der Waals surface area contributed by atoms with E-state index in [4.69, 9.17) is 11.6 Å². The number of anilines is 1. The Labute approximate surface area is 207 Å². The lowest BCUT2D eigenvalue weighted by Gasteiger charge is -2.18. The zero-order valence-corrected chi connectivity index (χ0v) is 20.1. The molecule has 1 unspecified atom stereocenters. The average molecular weight is 491 g/mol. The summed E-state index contributed by atoms with van der Waals surface area (Å²) in [6, 6.07) is 23.4. The van der Waals surface area contributed by atoms with Crippen molar-refractivity contribution < 1.29 is 9.59 Å². The highest BCUT2D eigenvalue weighted by atomic mass is 35.5. The second-order valence-electron chi connectivity index (χ2n) is 7.68. The number of carbonyl (C=O) groups excluding carboxylic acids is 2. The molecule has 0 radical (unpaired) electrons. The summed E-state index contributed by atoms with van der Waals surface area (Å²) in [5.41, 5.74) is 3.39. The highest BCUT2D eigenvalue weighted by Crippen LogP contribution is 2.28. The number of nitrogens with one attached hydrogen (secondary N) is 2. The van der Waals surface area contributed by atoms with Gasteiger partial charge in [0.2, 0.25) is 11.0 Å². The Bertz CT molecular complexity index is 1280. The van der Waals surface area contributed by atoms with Gasteiger partial charge >= 0.3 is 0 Å². The van der Waals surface area contributed by atoms with E-state index in [2.05, 4.69) is 27.8 Å². The SMILES string of the molecule is CCc1ccc(C(=O)NC(Cc2ccccc2)C(=O)Nc2nnc(-c3cccc(Cl)c3)s2)cc1. The van der Waals surface area contributed by atoms with Gasteiger partial charge in [-0.25, -0.2) is 0 Å². The molecule has 2 N–H and O–H groups in total. The Morgan fingerprint density at radius 1 is 0.941 bits per heavy atom. The molecule has 1 heterocycles. The smallest absolute Gasteiger partial charge is 0.251 e. The van der Waals surface area contributed by atoms with Crippen LogP contribution in [0.5, 0.6) is 0 Å². The van der Waals surface area contributed by atoms with Crippen LogP contribution in [0, 0.1) is 0 Å². The summed E-state index contributed by atoms with van der Waals surface area (Å²) in [5, 5.41) is 15.5. The molecule has 8 heteroatoms. The average Bonchev–Trinajstić information content (AvgIpc) is 3.33. The predicted octanol–water partition coefficient (Wildman–Crippen LogP) is 5.40. The molecule has 4 rings (SSSR count). The van der Waals surface area contributed by atoms with Gasteiger partial charge in [-0.3, -0.25) is 14.9 Å². The van der Waals surface area contributed by atoms with Crippen LogP contribution >= 0.6 is 22.9 Å². The first-order valence-electron chi connectivity index (χ1n) is 10.9. The summed E-state index contributed by atoms with van der Waals surface area (Å²) < 4.78 is 0. The number of aryl methyl sites for hydroxylation is 1. The number of halogens is 1. The van der Waals surface area contributed by atoms with E-state index in [0.29, 0.717) is 27.1 Å². The first kappa shape index (κ1) is 23.6. The minimum Gasteiger partial charge on any atom is -0.340 e. The summed E-state index contributed by atoms with van der Waals surface area (Å²) in [4.78, 5) is 26.1. The topological polar surface area (TPSA) is 84.0 Å². The molecule has 4 aromatic rings. The van der Waals surface area contributed by atoms with E-state index in [0.717, 1.165) is 23.1 Å². The Balaban J connectivity index is 1.51. The monoisotopic (exact) mass is 490 g/mol. The number of carbonyl (C=O) groups is 2. The molecule has 0 spiro atoms. The van der Waals surface area contributed by atoms with E-state index in [1.807, 2.05) is 54.6 Å². The second kappa shape index (κ2) is 11.0. The third-order valence-corrected chi connectivity index (χ3v) is 6.38.